The van der Waals surface area contributed by atoms with Crippen LogP contribution in [0, 0.1) is 6.92 Å². The lowest BCUT2D eigenvalue weighted by molar-refractivity contribution is 0.343. The molecule has 0 aliphatic rings. The second kappa shape index (κ2) is 8.98. The lowest BCUT2D eigenvalue weighted by Crippen LogP contribution is -2.11. The molecule has 0 spiro atoms. The van der Waals surface area contributed by atoms with E-state index in [0.29, 0.717) is 12.1 Å². The molecule has 0 saturated carbocycles. The maximum atomic E-state index is 11.6. The van der Waals surface area contributed by atoms with Crippen molar-refractivity contribution in [3.05, 3.63) is 48.0 Å². The first-order valence-corrected chi connectivity index (χ1v) is 11.8. The highest BCUT2D eigenvalue weighted by Crippen LogP contribution is 2.26. The van der Waals surface area contributed by atoms with E-state index in [1.54, 1.807) is 23.9 Å². The molecule has 0 unspecified atom stereocenters. The van der Waals surface area contributed by atoms with E-state index >= 15 is 0 Å². The molecule has 6 nitrogen and oxygen atoms in total. The van der Waals surface area contributed by atoms with Gasteiger partial charge >= 0.3 is 0 Å². The van der Waals surface area contributed by atoms with Gasteiger partial charge in [-0.15, -0.1) is 0 Å². The summed E-state index contributed by atoms with van der Waals surface area (Å²) in [4.78, 5) is 4.73. The molecule has 0 aliphatic carbocycles. The summed E-state index contributed by atoms with van der Waals surface area (Å²) < 4.78 is 31.2. The van der Waals surface area contributed by atoms with Crippen LogP contribution in [0.15, 0.2) is 52.5 Å². The second-order valence-electron chi connectivity index (χ2n) is 6.61. The first kappa shape index (κ1) is 20.7. The molecule has 0 saturated heterocycles. The molecule has 150 valence electrons. The van der Waals surface area contributed by atoms with Gasteiger partial charge < -0.3 is 9.30 Å². The molecule has 1 aromatic heterocycles. The molecular formula is C20H25N3O3S2. The van der Waals surface area contributed by atoms with Gasteiger partial charge in [0.15, 0.2) is 5.16 Å². The second-order valence-corrected chi connectivity index (χ2v) is 9.23. The van der Waals surface area contributed by atoms with Crippen LogP contribution in [-0.4, -0.2) is 30.3 Å². The van der Waals surface area contributed by atoms with Crippen LogP contribution in [0.4, 0.5) is 0 Å². The molecule has 3 aromatic rings. The summed E-state index contributed by atoms with van der Waals surface area (Å²) in [6.45, 7) is 5.58. The number of ether oxygens (including phenoxy) is 1. The van der Waals surface area contributed by atoms with E-state index in [-0.39, 0.29) is 4.90 Å². The van der Waals surface area contributed by atoms with Crippen LogP contribution in [0.5, 0.6) is 5.75 Å². The Labute approximate surface area is 170 Å². The molecule has 0 amide bonds. The third-order valence-electron chi connectivity index (χ3n) is 4.35. The largest absolute Gasteiger partial charge is 0.493 e. The third-order valence-corrected chi connectivity index (χ3v) is 6.20. The Kier molecular flexibility index (Phi) is 6.64. The summed E-state index contributed by atoms with van der Waals surface area (Å²) in [5, 5.41) is 6.12. The number of imidazole rings is 1. The zero-order chi connectivity index (χ0) is 20.1. The standard InChI is InChI=1S/C20H25N3O3S2/c1-3-4-11-23-19-10-9-17(28(21,24)25)14-18(19)22-20(23)27-13-12-26-16-7-5-15(2)6-8-16/h5-10,14H,3-4,11-13H2,1-2H3,(H2,21,24,25). The number of hydrogen-bond donors (Lipinski definition) is 1. The predicted octanol–water partition coefficient (Wildman–Crippen LogP) is 3.96. The van der Waals surface area contributed by atoms with Crippen molar-refractivity contribution in [2.45, 2.75) is 43.3 Å². The number of rotatable bonds is 9. The molecule has 3 rings (SSSR count). The minimum atomic E-state index is -3.75. The van der Waals surface area contributed by atoms with Gasteiger partial charge in [-0.25, -0.2) is 18.5 Å². The number of hydrogen-bond acceptors (Lipinski definition) is 5. The zero-order valence-electron chi connectivity index (χ0n) is 16.1. The Balaban J connectivity index is 1.75. The van der Waals surface area contributed by atoms with E-state index in [9.17, 15) is 8.42 Å². The zero-order valence-corrected chi connectivity index (χ0v) is 17.7. The first-order chi connectivity index (χ1) is 13.4. The highest BCUT2D eigenvalue weighted by molar-refractivity contribution is 7.99. The smallest absolute Gasteiger partial charge is 0.238 e. The Hall–Kier alpha value is -2.03. The van der Waals surface area contributed by atoms with Crippen molar-refractivity contribution >= 4 is 32.8 Å². The minimum absolute atomic E-state index is 0.0828. The fourth-order valence-electron chi connectivity index (χ4n) is 2.83. The van der Waals surface area contributed by atoms with Gasteiger partial charge in [-0.3, -0.25) is 0 Å². The van der Waals surface area contributed by atoms with Crippen molar-refractivity contribution in [2.24, 2.45) is 5.14 Å². The van der Waals surface area contributed by atoms with Crippen LogP contribution in [0.25, 0.3) is 11.0 Å². The highest BCUT2D eigenvalue weighted by Gasteiger charge is 2.15. The van der Waals surface area contributed by atoms with E-state index in [4.69, 9.17) is 9.88 Å². The number of aromatic nitrogens is 2. The summed E-state index contributed by atoms with van der Waals surface area (Å²) in [5.41, 5.74) is 2.76. The molecule has 1 heterocycles. The van der Waals surface area contributed by atoms with Crippen LogP contribution in [0.1, 0.15) is 25.3 Å². The molecule has 2 N–H and O–H groups in total. The average molecular weight is 420 g/mol. The van der Waals surface area contributed by atoms with Crippen molar-refractivity contribution < 1.29 is 13.2 Å². The fourth-order valence-corrected chi connectivity index (χ4v) is 4.23. The summed E-state index contributed by atoms with van der Waals surface area (Å²) in [5.74, 6) is 1.59. The van der Waals surface area contributed by atoms with E-state index in [0.717, 1.165) is 41.6 Å². The number of aryl methyl sites for hydroxylation is 2. The van der Waals surface area contributed by atoms with Gasteiger partial charge in [0.05, 0.1) is 22.5 Å². The van der Waals surface area contributed by atoms with Gasteiger partial charge in [0.25, 0.3) is 0 Å². The minimum Gasteiger partial charge on any atom is -0.493 e. The van der Waals surface area contributed by atoms with Crippen molar-refractivity contribution in [3.63, 3.8) is 0 Å². The maximum absolute atomic E-state index is 11.6. The highest BCUT2D eigenvalue weighted by atomic mass is 32.2. The molecule has 28 heavy (non-hydrogen) atoms. The van der Waals surface area contributed by atoms with E-state index < -0.39 is 10.0 Å². The number of unbranched alkanes of at least 4 members (excludes halogenated alkanes) is 1. The Morgan fingerprint density at radius 1 is 1.18 bits per heavy atom. The number of nitrogens with zero attached hydrogens (tertiary/aromatic N) is 2. The van der Waals surface area contributed by atoms with Crippen molar-refractivity contribution in [1.29, 1.82) is 0 Å². The summed E-state index contributed by atoms with van der Waals surface area (Å²) in [6, 6.07) is 12.8. The Bertz CT molecular complexity index is 1040. The van der Waals surface area contributed by atoms with E-state index in [1.165, 1.54) is 11.6 Å². The van der Waals surface area contributed by atoms with E-state index in [1.807, 2.05) is 31.2 Å². The molecule has 0 aliphatic heterocycles. The number of sulfonamides is 1. The van der Waals surface area contributed by atoms with Crippen LogP contribution >= 0.6 is 11.8 Å². The number of nitrogens with two attached hydrogens (primary N) is 1. The van der Waals surface area contributed by atoms with Crippen molar-refractivity contribution in [2.75, 3.05) is 12.4 Å². The Morgan fingerprint density at radius 2 is 1.93 bits per heavy atom. The normalized spacial score (nSPS) is 11.8. The van der Waals surface area contributed by atoms with Gasteiger partial charge in [-0.1, -0.05) is 42.8 Å². The molecule has 0 fully saturated rings. The van der Waals surface area contributed by atoms with Gasteiger partial charge in [-0.2, -0.15) is 0 Å². The van der Waals surface area contributed by atoms with Crippen LogP contribution in [0.2, 0.25) is 0 Å². The fraction of sp³-hybridized carbons (Fsp3) is 0.350. The molecule has 0 bridgehead atoms. The van der Waals surface area contributed by atoms with Gasteiger partial charge in [0.2, 0.25) is 10.0 Å². The average Bonchev–Trinajstić information content (AvgIpc) is 3.01. The maximum Gasteiger partial charge on any atom is 0.238 e. The lowest BCUT2D eigenvalue weighted by Gasteiger charge is -2.09. The van der Waals surface area contributed by atoms with Crippen LogP contribution in [0.3, 0.4) is 0 Å². The van der Waals surface area contributed by atoms with Crippen LogP contribution < -0.4 is 9.88 Å². The quantitative estimate of drug-likeness (QED) is 0.419. The predicted molar refractivity (Wildman–Crippen MR) is 113 cm³/mol. The van der Waals surface area contributed by atoms with Gasteiger partial charge in [0, 0.05) is 12.3 Å². The van der Waals surface area contributed by atoms with Crippen molar-refractivity contribution in [3.8, 4) is 5.75 Å². The first-order valence-electron chi connectivity index (χ1n) is 9.24. The van der Waals surface area contributed by atoms with Crippen LogP contribution in [-0.2, 0) is 16.6 Å². The number of thioether (sulfide) groups is 1. The molecule has 2 aromatic carbocycles. The Morgan fingerprint density at radius 3 is 2.61 bits per heavy atom. The van der Waals surface area contributed by atoms with E-state index in [2.05, 4.69) is 16.5 Å². The number of primary sulfonamides is 1. The van der Waals surface area contributed by atoms with Crippen molar-refractivity contribution in [1.82, 2.24) is 9.55 Å². The topological polar surface area (TPSA) is 87.2 Å². The molecule has 0 atom stereocenters. The molecule has 0 radical (unpaired) electrons. The number of fused-ring (bicyclic) bond motifs is 1. The SMILES string of the molecule is CCCCn1c(SCCOc2ccc(C)cc2)nc2cc(S(N)(=O)=O)ccc21. The molecular weight excluding hydrogens is 394 g/mol. The number of benzene rings is 2. The lowest BCUT2D eigenvalue weighted by atomic mass is 10.2. The third kappa shape index (κ3) is 5.06. The van der Waals surface area contributed by atoms with Gasteiger partial charge in [0.1, 0.15) is 5.75 Å². The summed E-state index contributed by atoms with van der Waals surface area (Å²) in [7, 11) is -3.75. The molecule has 8 heteroatoms. The summed E-state index contributed by atoms with van der Waals surface area (Å²) in [6.07, 6.45) is 2.09. The van der Waals surface area contributed by atoms with Gasteiger partial charge in [-0.05, 0) is 43.7 Å². The monoisotopic (exact) mass is 419 g/mol. The summed E-state index contributed by atoms with van der Waals surface area (Å²) >= 11 is 1.61.